The molecule has 0 aromatic heterocycles. The molecule has 2 aromatic rings. The molecule has 0 amide bonds. The Balaban J connectivity index is 1.87. The summed E-state index contributed by atoms with van der Waals surface area (Å²) in [5.74, 6) is 1.62. The molecule has 0 radical (unpaired) electrons. The zero-order valence-electron chi connectivity index (χ0n) is 13.2. The van der Waals surface area contributed by atoms with E-state index in [9.17, 15) is 5.11 Å². The number of aliphatic hydroxyl groups is 1. The lowest BCUT2D eigenvalue weighted by atomic mass is 10.00. The second-order valence-corrected chi connectivity index (χ2v) is 5.35. The van der Waals surface area contributed by atoms with Crippen LogP contribution in [0.25, 0.3) is 5.57 Å². The van der Waals surface area contributed by atoms with Crippen LogP contribution >= 0.6 is 0 Å². The highest BCUT2D eigenvalue weighted by molar-refractivity contribution is 5.72. The largest absolute Gasteiger partial charge is 0.497 e. The number of rotatable bonds is 5. The standard InChI is InChI=1S/C19H20O4/c1-21-15-7-3-13(4-8-15)17-11-18(23-19(17)12-20)14-5-9-16(22-2)10-6-14/h3-11,18-20H,12H2,1-2H3. The summed E-state index contributed by atoms with van der Waals surface area (Å²) in [5, 5.41) is 9.63. The van der Waals surface area contributed by atoms with Gasteiger partial charge >= 0.3 is 0 Å². The maximum absolute atomic E-state index is 9.63. The van der Waals surface area contributed by atoms with Crippen molar-refractivity contribution in [3.8, 4) is 11.5 Å². The molecule has 2 atom stereocenters. The Kier molecular flexibility index (Phi) is 4.65. The van der Waals surface area contributed by atoms with E-state index in [-0.39, 0.29) is 18.8 Å². The number of ether oxygens (including phenoxy) is 3. The van der Waals surface area contributed by atoms with Gasteiger partial charge in [0.2, 0.25) is 0 Å². The Hall–Kier alpha value is -2.30. The van der Waals surface area contributed by atoms with Gasteiger partial charge in [0.15, 0.2) is 0 Å². The summed E-state index contributed by atoms with van der Waals surface area (Å²) in [6, 6.07) is 15.5. The summed E-state index contributed by atoms with van der Waals surface area (Å²) in [6.07, 6.45) is 1.57. The topological polar surface area (TPSA) is 47.9 Å². The monoisotopic (exact) mass is 312 g/mol. The van der Waals surface area contributed by atoms with Gasteiger partial charge < -0.3 is 19.3 Å². The number of methoxy groups -OCH3 is 2. The highest BCUT2D eigenvalue weighted by Crippen LogP contribution is 2.37. The molecule has 2 unspecified atom stereocenters. The van der Waals surface area contributed by atoms with Crippen LogP contribution in [0.1, 0.15) is 17.2 Å². The minimum Gasteiger partial charge on any atom is -0.497 e. The first-order chi connectivity index (χ1) is 11.2. The van der Waals surface area contributed by atoms with Gasteiger partial charge in [-0.25, -0.2) is 0 Å². The summed E-state index contributed by atoms with van der Waals surface area (Å²) in [4.78, 5) is 0. The van der Waals surface area contributed by atoms with Crippen molar-refractivity contribution in [2.75, 3.05) is 20.8 Å². The molecule has 2 aromatic carbocycles. The molecule has 0 bridgehead atoms. The molecular formula is C19H20O4. The second-order valence-electron chi connectivity index (χ2n) is 5.35. The van der Waals surface area contributed by atoms with E-state index in [1.54, 1.807) is 14.2 Å². The second kappa shape index (κ2) is 6.86. The van der Waals surface area contributed by atoms with Gasteiger partial charge in [-0.2, -0.15) is 0 Å². The third-order valence-electron chi connectivity index (χ3n) is 4.02. The molecule has 0 saturated heterocycles. The van der Waals surface area contributed by atoms with Gasteiger partial charge in [0.05, 0.1) is 20.8 Å². The maximum atomic E-state index is 9.63. The first-order valence-corrected chi connectivity index (χ1v) is 7.51. The van der Waals surface area contributed by atoms with Crippen molar-refractivity contribution in [1.29, 1.82) is 0 Å². The third-order valence-corrected chi connectivity index (χ3v) is 4.02. The van der Waals surface area contributed by atoms with Crippen LogP contribution in [0.5, 0.6) is 11.5 Å². The smallest absolute Gasteiger partial charge is 0.118 e. The van der Waals surface area contributed by atoms with Gasteiger partial charge in [0, 0.05) is 0 Å². The quantitative estimate of drug-likeness (QED) is 0.921. The van der Waals surface area contributed by atoms with Crippen molar-refractivity contribution < 1.29 is 19.3 Å². The minimum atomic E-state index is -0.324. The van der Waals surface area contributed by atoms with Crippen molar-refractivity contribution >= 4 is 5.57 Å². The Labute approximate surface area is 135 Å². The Morgan fingerprint density at radius 2 is 1.48 bits per heavy atom. The lowest BCUT2D eigenvalue weighted by Crippen LogP contribution is -2.15. The van der Waals surface area contributed by atoms with Gasteiger partial charge in [-0.1, -0.05) is 24.3 Å². The molecule has 4 heteroatoms. The number of hydrogen-bond acceptors (Lipinski definition) is 4. The molecule has 1 heterocycles. The first kappa shape index (κ1) is 15.6. The Bertz CT molecular complexity index is 674. The summed E-state index contributed by atoms with van der Waals surface area (Å²) in [5.41, 5.74) is 3.06. The number of hydrogen-bond donors (Lipinski definition) is 1. The fourth-order valence-corrected chi connectivity index (χ4v) is 2.74. The Morgan fingerprint density at radius 3 is 2.00 bits per heavy atom. The predicted molar refractivity (Wildman–Crippen MR) is 88.7 cm³/mol. The summed E-state index contributed by atoms with van der Waals surface area (Å²) < 4.78 is 16.3. The molecule has 23 heavy (non-hydrogen) atoms. The molecule has 0 saturated carbocycles. The van der Waals surface area contributed by atoms with Crippen LogP contribution in [-0.2, 0) is 4.74 Å². The van der Waals surface area contributed by atoms with E-state index in [2.05, 4.69) is 6.08 Å². The first-order valence-electron chi connectivity index (χ1n) is 7.51. The number of aliphatic hydroxyl groups excluding tert-OH is 1. The van der Waals surface area contributed by atoms with E-state index in [4.69, 9.17) is 14.2 Å². The van der Waals surface area contributed by atoms with E-state index in [1.807, 2.05) is 48.5 Å². The van der Waals surface area contributed by atoms with E-state index in [1.165, 1.54) is 0 Å². The van der Waals surface area contributed by atoms with Crippen molar-refractivity contribution in [2.45, 2.75) is 12.2 Å². The molecule has 120 valence electrons. The fraction of sp³-hybridized carbons (Fsp3) is 0.263. The average molecular weight is 312 g/mol. The van der Waals surface area contributed by atoms with Gasteiger partial charge in [-0.05, 0) is 47.0 Å². The summed E-state index contributed by atoms with van der Waals surface area (Å²) in [7, 11) is 3.29. The van der Waals surface area contributed by atoms with Crippen molar-refractivity contribution in [3.63, 3.8) is 0 Å². The van der Waals surface area contributed by atoms with Crippen molar-refractivity contribution in [1.82, 2.24) is 0 Å². The van der Waals surface area contributed by atoms with Crippen LogP contribution in [0.15, 0.2) is 54.6 Å². The third kappa shape index (κ3) is 3.23. The van der Waals surface area contributed by atoms with Gasteiger partial charge in [0.25, 0.3) is 0 Å². The fourth-order valence-electron chi connectivity index (χ4n) is 2.74. The van der Waals surface area contributed by atoms with Crippen molar-refractivity contribution in [2.24, 2.45) is 0 Å². The molecule has 0 aliphatic carbocycles. The van der Waals surface area contributed by atoms with Crippen LogP contribution in [0, 0.1) is 0 Å². The molecule has 4 nitrogen and oxygen atoms in total. The van der Waals surface area contributed by atoms with Crippen molar-refractivity contribution in [3.05, 3.63) is 65.7 Å². The normalized spacial score (nSPS) is 20.2. The molecule has 1 N–H and O–H groups in total. The maximum Gasteiger partial charge on any atom is 0.118 e. The molecule has 3 rings (SSSR count). The van der Waals surface area contributed by atoms with Crippen LogP contribution in [-0.4, -0.2) is 32.0 Å². The van der Waals surface area contributed by atoms with E-state index in [0.717, 1.165) is 28.2 Å². The van der Waals surface area contributed by atoms with E-state index < -0.39 is 0 Å². The zero-order chi connectivity index (χ0) is 16.2. The molecule has 0 fully saturated rings. The SMILES string of the molecule is COc1ccc(C2=CC(c3ccc(OC)cc3)OC2CO)cc1. The van der Waals surface area contributed by atoms with Gasteiger partial charge in [-0.3, -0.25) is 0 Å². The highest BCUT2D eigenvalue weighted by Gasteiger charge is 2.28. The Morgan fingerprint density at radius 1 is 0.913 bits per heavy atom. The van der Waals surface area contributed by atoms with Crippen LogP contribution in [0.3, 0.4) is 0 Å². The van der Waals surface area contributed by atoms with Crippen LogP contribution in [0.2, 0.25) is 0 Å². The number of benzene rings is 2. The molecule has 1 aliphatic heterocycles. The van der Waals surface area contributed by atoms with Gasteiger partial charge in [-0.15, -0.1) is 0 Å². The highest BCUT2D eigenvalue weighted by atomic mass is 16.5. The van der Waals surface area contributed by atoms with Crippen LogP contribution < -0.4 is 9.47 Å². The molecular weight excluding hydrogens is 292 g/mol. The van der Waals surface area contributed by atoms with Crippen LogP contribution in [0.4, 0.5) is 0 Å². The molecule has 1 aliphatic rings. The lowest BCUT2D eigenvalue weighted by Gasteiger charge is -2.15. The minimum absolute atomic E-state index is 0.0511. The average Bonchev–Trinajstić information content (AvgIpc) is 3.06. The molecule has 0 spiro atoms. The van der Waals surface area contributed by atoms with E-state index in [0.29, 0.717) is 0 Å². The van der Waals surface area contributed by atoms with Gasteiger partial charge in [0.1, 0.15) is 23.7 Å². The lowest BCUT2D eigenvalue weighted by molar-refractivity contribution is 0.0289. The predicted octanol–water partition coefficient (Wildman–Crippen LogP) is 3.22. The summed E-state index contributed by atoms with van der Waals surface area (Å²) in [6.45, 7) is -0.0511. The zero-order valence-corrected chi connectivity index (χ0v) is 13.2. The summed E-state index contributed by atoms with van der Waals surface area (Å²) >= 11 is 0. The van der Waals surface area contributed by atoms with E-state index >= 15 is 0 Å².